The van der Waals surface area contributed by atoms with Gasteiger partial charge in [0.2, 0.25) is 5.82 Å². The Labute approximate surface area is 124 Å². The number of hydrogen-bond donors (Lipinski definition) is 1. The van der Waals surface area contributed by atoms with Crippen molar-refractivity contribution in [3.63, 3.8) is 0 Å². The molecule has 0 amide bonds. The van der Waals surface area contributed by atoms with Crippen molar-refractivity contribution in [3.8, 4) is 17.2 Å². The van der Waals surface area contributed by atoms with Gasteiger partial charge in [-0.15, -0.1) is 0 Å². The van der Waals surface area contributed by atoms with Gasteiger partial charge in [0.05, 0.1) is 12.7 Å². The van der Waals surface area contributed by atoms with Gasteiger partial charge in [0.15, 0.2) is 0 Å². The van der Waals surface area contributed by atoms with Crippen LogP contribution in [0.25, 0.3) is 11.5 Å². The van der Waals surface area contributed by atoms with E-state index >= 15 is 0 Å². The van der Waals surface area contributed by atoms with E-state index in [1.165, 1.54) is 0 Å². The zero-order valence-electron chi connectivity index (χ0n) is 12.8. The molecule has 2 rings (SSSR count). The molecule has 1 aromatic heterocycles. The van der Waals surface area contributed by atoms with Gasteiger partial charge in [0.25, 0.3) is 5.89 Å². The normalized spacial score (nSPS) is 13.9. The fourth-order valence-electron chi connectivity index (χ4n) is 2.04. The molecule has 0 aliphatic rings. The average molecular weight is 291 g/mol. The third-order valence-electron chi connectivity index (χ3n) is 3.53. The van der Waals surface area contributed by atoms with Crippen LogP contribution in [0.5, 0.6) is 5.75 Å². The summed E-state index contributed by atoms with van der Waals surface area (Å²) in [7, 11) is 1.60. The zero-order chi connectivity index (χ0) is 15.5. The van der Waals surface area contributed by atoms with Crippen molar-refractivity contribution in [1.82, 2.24) is 10.1 Å². The molecule has 1 aromatic carbocycles. The van der Waals surface area contributed by atoms with Gasteiger partial charge in [-0.05, 0) is 38.5 Å². The minimum absolute atomic E-state index is 0.362. The monoisotopic (exact) mass is 291 g/mol. The van der Waals surface area contributed by atoms with Crippen molar-refractivity contribution >= 4 is 5.69 Å². The van der Waals surface area contributed by atoms with Crippen LogP contribution >= 0.6 is 0 Å². The van der Waals surface area contributed by atoms with Crippen LogP contribution < -0.4 is 10.5 Å². The number of nitrogens with zero attached hydrogens (tertiary/aromatic N) is 2. The van der Waals surface area contributed by atoms with Gasteiger partial charge in [-0.1, -0.05) is 12.1 Å². The second kappa shape index (κ2) is 6.13. The first kappa shape index (κ1) is 15.3. The molecule has 2 N–H and O–H groups in total. The Morgan fingerprint density at radius 2 is 2.10 bits per heavy atom. The third-order valence-corrected chi connectivity index (χ3v) is 3.53. The molecular formula is C15H21N3O3. The van der Waals surface area contributed by atoms with Crippen LogP contribution in [0.4, 0.5) is 5.69 Å². The summed E-state index contributed by atoms with van der Waals surface area (Å²) in [4.78, 5) is 4.44. The molecule has 0 aliphatic carbocycles. The molecule has 114 valence electrons. The van der Waals surface area contributed by atoms with Gasteiger partial charge in [-0.3, -0.25) is 0 Å². The second-order valence-electron chi connectivity index (χ2n) is 4.89. The molecule has 0 aliphatic heterocycles. The maximum atomic E-state index is 5.97. The maximum Gasteiger partial charge on any atom is 0.260 e. The van der Waals surface area contributed by atoms with Crippen LogP contribution in [0.2, 0.25) is 0 Å². The number of nitrogen functional groups attached to an aromatic ring is 1. The van der Waals surface area contributed by atoms with E-state index in [-0.39, 0.29) is 0 Å². The summed E-state index contributed by atoms with van der Waals surface area (Å²) in [5.74, 6) is 1.56. The highest BCUT2D eigenvalue weighted by molar-refractivity contribution is 5.72. The van der Waals surface area contributed by atoms with Crippen molar-refractivity contribution < 1.29 is 14.0 Å². The van der Waals surface area contributed by atoms with Crippen LogP contribution in [0.3, 0.4) is 0 Å². The highest BCUT2D eigenvalue weighted by Crippen LogP contribution is 2.32. The fourth-order valence-corrected chi connectivity index (χ4v) is 2.04. The van der Waals surface area contributed by atoms with Crippen molar-refractivity contribution in [2.45, 2.75) is 32.8 Å². The molecule has 2 aromatic rings. The second-order valence-corrected chi connectivity index (χ2v) is 4.89. The number of benzene rings is 1. The lowest BCUT2D eigenvalue weighted by Crippen LogP contribution is -2.26. The quantitative estimate of drug-likeness (QED) is 0.824. The van der Waals surface area contributed by atoms with Crippen LogP contribution in [0, 0.1) is 0 Å². The SMILES string of the molecule is CCOC(C)(CC)c1noc(-c2cc(OC)ccc2N)n1. The topological polar surface area (TPSA) is 83.4 Å². The van der Waals surface area contributed by atoms with E-state index in [9.17, 15) is 0 Å². The average Bonchev–Trinajstić information content (AvgIpc) is 2.98. The Morgan fingerprint density at radius 3 is 2.71 bits per heavy atom. The van der Waals surface area contributed by atoms with Gasteiger partial charge in [-0.2, -0.15) is 4.98 Å². The predicted molar refractivity (Wildman–Crippen MR) is 80.0 cm³/mol. The molecule has 1 atom stereocenters. The Bertz CT molecular complexity index is 612. The maximum absolute atomic E-state index is 5.97. The Balaban J connectivity index is 2.40. The van der Waals surface area contributed by atoms with Gasteiger partial charge < -0.3 is 19.7 Å². The van der Waals surface area contributed by atoms with Crippen molar-refractivity contribution in [1.29, 1.82) is 0 Å². The smallest absolute Gasteiger partial charge is 0.260 e. The summed E-state index contributed by atoms with van der Waals surface area (Å²) in [6.45, 7) is 6.48. The molecule has 0 radical (unpaired) electrons. The Kier molecular flexibility index (Phi) is 4.47. The van der Waals surface area contributed by atoms with E-state index in [2.05, 4.69) is 10.1 Å². The van der Waals surface area contributed by atoms with Gasteiger partial charge in [-0.25, -0.2) is 0 Å². The van der Waals surface area contributed by atoms with Gasteiger partial charge in [0.1, 0.15) is 11.4 Å². The number of methoxy groups -OCH3 is 1. The van der Waals surface area contributed by atoms with Crippen molar-refractivity contribution in [2.75, 3.05) is 19.5 Å². The van der Waals surface area contributed by atoms with E-state index in [0.717, 1.165) is 6.42 Å². The number of rotatable bonds is 6. The highest BCUT2D eigenvalue weighted by atomic mass is 16.5. The van der Waals surface area contributed by atoms with Crippen LogP contribution in [-0.2, 0) is 10.3 Å². The standard InChI is InChI=1S/C15H21N3O3/c1-5-15(3,20-6-2)14-17-13(21-18-14)11-9-10(19-4)7-8-12(11)16/h7-9H,5-6,16H2,1-4H3. The number of nitrogens with two attached hydrogens (primary N) is 1. The van der Waals surface area contributed by atoms with Crippen LogP contribution in [0.15, 0.2) is 22.7 Å². The minimum Gasteiger partial charge on any atom is -0.497 e. The van der Waals surface area contributed by atoms with E-state index in [1.54, 1.807) is 25.3 Å². The number of aromatic nitrogens is 2. The summed E-state index contributed by atoms with van der Waals surface area (Å²) in [5, 5.41) is 4.04. The number of hydrogen-bond acceptors (Lipinski definition) is 6. The first-order chi connectivity index (χ1) is 10.0. The van der Waals surface area contributed by atoms with E-state index < -0.39 is 5.60 Å². The largest absolute Gasteiger partial charge is 0.497 e. The first-order valence-electron chi connectivity index (χ1n) is 6.96. The lowest BCUT2D eigenvalue weighted by molar-refractivity contribution is -0.0403. The molecule has 21 heavy (non-hydrogen) atoms. The summed E-state index contributed by atoms with van der Waals surface area (Å²) >= 11 is 0. The lowest BCUT2D eigenvalue weighted by atomic mass is 10.0. The summed E-state index contributed by atoms with van der Waals surface area (Å²) in [5.41, 5.74) is 6.62. The minimum atomic E-state index is -0.565. The molecule has 1 heterocycles. The number of anilines is 1. The molecule has 0 saturated heterocycles. The molecule has 0 bridgehead atoms. The van der Waals surface area contributed by atoms with Crippen molar-refractivity contribution in [3.05, 3.63) is 24.0 Å². The van der Waals surface area contributed by atoms with Gasteiger partial charge >= 0.3 is 0 Å². The summed E-state index contributed by atoms with van der Waals surface area (Å²) in [6, 6.07) is 5.31. The van der Waals surface area contributed by atoms with E-state index in [4.69, 9.17) is 19.7 Å². The third kappa shape index (κ3) is 3.00. The van der Waals surface area contributed by atoms with Gasteiger partial charge in [0, 0.05) is 12.3 Å². The zero-order valence-corrected chi connectivity index (χ0v) is 12.8. The molecule has 6 nitrogen and oxygen atoms in total. The molecule has 0 fully saturated rings. The molecule has 0 spiro atoms. The molecule has 0 saturated carbocycles. The molecule has 1 unspecified atom stereocenters. The predicted octanol–water partition coefficient (Wildman–Crippen LogP) is 2.99. The molecular weight excluding hydrogens is 270 g/mol. The van der Waals surface area contributed by atoms with Crippen LogP contribution in [-0.4, -0.2) is 23.9 Å². The fraction of sp³-hybridized carbons (Fsp3) is 0.467. The number of ether oxygens (including phenoxy) is 2. The highest BCUT2D eigenvalue weighted by Gasteiger charge is 2.31. The first-order valence-corrected chi connectivity index (χ1v) is 6.96. The Hall–Kier alpha value is -2.08. The summed E-state index contributed by atoms with van der Waals surface area (Å²) < 4.78 is 16.3. The lowest BCUT2D eigenvalue weighted by Gasteiger charge is -2.23. The Morgan fingerprint density at radius 1 is 1.33 bits per heavy atom. The molecule has 6 heteroatoms. The van der Waals surface area contributed by atoms with Crippen molar-refractivity contribution in [2.24, 2.45) is 0 Å². The van der Waals surface area contributed by atoms with E-state index in [1.807, 2.05) is 20.8 Å². The van der Waals surface area contributed by atoms with E-state index in [0.29, 0.717) is 35.3 Å². The van der Waals surface area contributed by atoms with Crippen LogP contribution in [0.1, 0.15) is 33.0 Å². The summed E-state index contributed by atoms with van der Waals surface area (Å²) in [6.07, 6.45) is 0.743.